The van der Waals surface area contributed by atoms with Gasteiger partial charge < -0.3 is 10.2 Å². The van der Waals surface area contributed by atoms with Crippen LogP contribution in [0.4, 0.5) is 0 Å². The molecule has 3 aliphatic rings. The number of aromatic amines is 1. The molecule has 3 heterocycles. The predicted octanol–water partition coefficient (Wildman–Crippen LogP) is 2.32. The first-order chi connectivity index (χ1) is 12.3. The molecule has 25 heavy (non-hydrogen) atoms. The Kier molecular flexibility index (Phi) is 3.63. The minimum atomic E-state index is 0.117. The molecule has 2 aliphatic heterocycles. The standard InChI is InChI=1S/C20H24N4O/c25-20(19-17-10-21-7-6-18(17)22-23-19)24-11-15-8-14(9-16(15)12-24)13-4-2-1-3-5-13/h1-5,14-16,21H,6-12H2,(H,22,23). The third kappa shape index (κ3) is 2.58. The fraction of sp³-hybridized carbons (Fsp3) is 0.500. The van der Waals surface area contributed by atoms with Gasteiger partial charge in [-0.3, -0.25) is 9.89 Å². The van der Waals surface area contributed by atoms with E-state index in [1.54, 1.807) is 0 Å². The molecular weight excluding hydrogens is 312 g/mol. The Balaban J connectivity index is 1.28. The SMILES string of the molecule is O=C(c1n[nH]c2c1CNCC2)N1CC2CC(c3ccccc3)CC2C1. The quantitative estimate of drug-likeness (QED) is 0.885. The number of likely N-dealkylation sites (tertiary alicyclic amines) is 1. The number of H-pyrrole nitrogens is 1. The molecule has 0 spiro atoms. The molecule has 1 aliphatic carbocycles. The highest BCUT2D eigenvalue weighted by Gasteiger charge is 2.43. The topological polar surface area (TPSA) is 61.0 Å². The van der Waals surface area contributed by atoms with Gasteiger partial charge in [-0.05, 0) is 36.2 Å². The average Bonchev–Trinajstić information content (AvgIpc) is 3.34. The second-order valence-corrected chi connectivity index (χ2v) is 7.77. The Morgan fingerprint density at radius 1 is 1.12 bits per heavy atom. The van der Waals surface area contributed by atoms with Crippen molar-refractivity contribution in [2.75, 3.05) is 19.6 Å². The van der Waals surface area contributed by atoms with E-state index in [9.17, 15) is 4.79 Å². The molecule has 2 atom stereocenters. The van der Waals surface area contributed by atoms with Crippen LogP contribution < -0.4 is 5.32 Å². The molecule has 1 aromatic carbocycles. The van der Waals surface area contributed by atoms with E-state index in [2.05, 4.69) is 45.8 Å². The summed E-state index contributed by atoms with van der Waals surface area (Å²) in [5, 5.41) is 10.8. The maximum absolute atomic E-state index is 13.0. The number of rotatable bonds is 2. The fourth-order valence-electron chi connectivity index (χ4n) is 5.02. The van der Waals surface area contributed by atoms with E-state index in [-0.39, 0.29) is 5.91 Å². The number of carbonyl (C=O) groups is 1. The van der Waals surface area contributed by atoms with Crippen LogP contribution in [0.2, 0.25) is 0 Å². The van der Waals surface area contributed by atoms with Crippen LogP contribution in [0.5, 0.6) is 0 Å². The zero-order valence-electron chi connectivity index (χ0n) is 14.4. The van der Waals surface area contributed by atoms with Gasteiger partial charge in [-0.2, -0.15) is 5.10 Å². The van der Waals surface area contributed by atoms with Gasteiger partial charge >= 0.3 is 0 Å². The lowest BCUT2D eigenvalue weighted by Crippen LogP contribution is -2.32. The first-order valence-electron chi connectivity index (χ1n) is 9.40. The summed E-state index contributed by atoms with van der Waals surface area (Å²) in [6, 6.07) is 10.8. The number of hydrogen-bond donors (Lipinski definition) is 2. The number of carbonyl (C=O) groups excluding carboxylic acids is 1. The molecule has 5 rings (SSSR count). The van der Waals surface area contributed by atoms with Gasteiger partial charge in [0, 0.05) is 43.9 Å². The number of benzene rings is 1. The van der Waals surface area contributed by atoms with Gasteiger partial charge in [0.1, 0.15) is 0 Å². The molecular formula is C20H24N4O. The molecule has 0 bridgehead atoms. The highest BCUT2D eigenvalue weighted by Crippen LogP contribution is 2.46. The Labute approximate surface area is 147 Å². The third-order valence-corrected chi connectivity index (χ3v) is 6.32. The maximum Gasteiger partial charge on any atom is 0.274 e. The van der Waals surface area contributed by atoms with Crippen LogP contribution in [0.25, 0.3) is 0 Å². The number of amides is 1. The third-order valence-electron chi connectivity index (χ3n) is 6.32. The Morgan fingerprint density at radius 3 is 2.64 bits per heavy atom. The van der Waals surface area contributed by atoms with Gasteiger partial charge in [0.15, 0.2) is 5.69 Å². The van der Waals surface area contributed by atoms with E-state index in [1.165, 1.54) is 18.4 Å². The van der Waals surface area contributed by atoms with Crippen molar-refractivity contribution in [1.82, 2.24) is 20.4 Å². The van der Waals surface area contributed by atoms with E-state index in [4.69, 9.17) is 0 Å². The summed E-state index contributed by atoms with van der Waals surface area (Å²) in [6.07, 6.45) is 3.34. The monoisotopic (exact) mass is 336 g/mol. The van der Waals surface area contributed by atoms with E-state index in [0.29, 0.717) is 23.4 Å². The summed E-state index contributed by atoms with van der Waals surface area (Å²) in [5.41, 5.74) is 4.31. The lowest BCUT2D eigenvalue weighted by atomic mass is 9.96. The minimum Gasteiger partial charge on any atom is -0.337 e. The number of aromatic nitrogens is 2. The zero-order chi connectivity index (χ0) is 16.8. The minimum absolute atomic E-state index is 0.117. The summed E-state index contributed by atoms with van der Waals surface area (Å²) < 4.78 is 0. The van der Waals surface area contributed by atoms with Crippen LogP contribution in [0, 0.1) is 11.8 Å². The van der Waals surface area contributed by atoms with Gasteiger partial charge in [0.05, 0.1) is 0 Å². The van der Waals surface area contributed by atoms with Gasteiger partial charge in [-0.1, -0.05) is 30.3 Å². The highest BCUT2D eigenvalue weighted by molar-refractivity contribution is 5.94. The smallest absolute Gasteiger partial charge is 0.274 e. The number of hydrogen-bond acceptors (Lipinski definition) is 3. The van der Waals surface area contributed by atoms with Crippen LogP contribution in [0.3, 0.4) is 0 Å². The lowest BCUT2D eigenvalue weighted by Gasteiger charge is -2.20. The molecule has 2 aromatic rings. The van der Waals surface area contributed by atoms with Crippen molar-refractivity contribution in [3.05, 3.63) is 52.8 Å². The second-order valence-electron chi connectivity index (χ2n) is 7.77. The van der Waals surface area contributed by atoms with Crippen molar-refractivity contribution >= 4 is 5.91 Å². The maximum atomic E-state index is 13.0. The number of nitrogens with one attached hydrogen (secondary N) is 2. The highest BCUT2D eigenvalue weighted by atomic mass is 16.2. The normalized spacial score (nSPS) is 28.0. The summed E-state index contributed by atoms with van der Waals surface area (Å²) in [4.78, 5) is 15.0. The van der Waals surface area contributed by atoms with Crippen molar-refractivity contribution in [1.29, 1.82) is 0 Å². The molecule has 5 nitrogen and oxygen atoms in total. The van der Waals surface area contributed by atoms with Crippen molar-refractivity contribution in [3.8, 4) is 0 Å². The molecule has 1 saturated heterocycles. The summed E-state index contributed by atoms with van der Waals surface area (Å²) in [5.74, 6) is 2.06. The van der Waals surface area contributed by atoms with Crippen LogP contribution in [0.1, 0.15) is 46.1 Å². The second kappa shape index (κ2) is 5.99. The zero-order valence-corrected chi connectivity index (χ0v) is 14.4. The molecule has 2 fully saturated rings. The fourth-order valence-corrected chi connectivity index (χ4v) is 5.02. The van der Waals surface area contributed by atoms with Gasteiger partial charge in [0.2, 0.25) is 0 Å². The van der Waals surface area contributed by atoms with Crippen molar-refractivity contribution in [2.24, 2.45) is 11.8 Å². The van der Waals surface area contributed by atoms with E-state index < -0.39 is 0 Å². The summed E-state index contributed by atoms with van der Waals surface area (Å²) >= 11 is 0. The molecule has 1 saturated carbocycles. The molecule has 1 aromatic heterocycles. The predicted molar refractivity (Wildman–Crippen MR) is 95.3 cm³/mol. The van der Waals surface area contributed by atoms with Gasteiger partial charge in [0.25, 0.3) is 5.91 Å². The largest absolute Gasteiger partial charge is 0.337 e. The summed E-state index contributed by atoms with van der Waals surface area (Å²) in [7, 11) is 0. The first kappa shape index (κ1) is 15.1. The van der Waals surface area contributed by atoms with Crippen molar-refractivity contribution in [2.45, 2.75) is 31.7 Å². The van der Waals surface area contributed by atoms with Crippen LogP contribution in [-0.4, -0.2) is 40.6 Å². The molecule has 2 N–H and O–H groups in total. The Morgan fingerprint density at radius 2 is 1.88 bits per heavy atom. The molecule has 130 valence electrons. The first-order valence-corrected chi connectivity index (χ1v) is 9.40. The van der Waals surface area contributed by atoms with Gasteiger partial charge in [-0.25, -0.2) is 0 Å². The average molecular weight is 336 g/mol. The van der Waals surface area contributed by atoms with E-state index in [1.807, 2.05) is 4.90 Å². The van der Waals surface area contributed by atoms with E-state index in [0.717, 1.165) is 43.9 Å². The number of fused-ring (bicyclic) bond motifs is 2. The molecule has 1 amide bonds. The molecule has 5 heteroatoms. The summed E-state index contributed by atoms with van der Waals surface area (Å²) in [6.45, 7) is 3.49. The van der Waals surface area contributed by atoms with Gasteiger partial charge in [-0.15, -0.1) is 0 Å². The van der Waals surface area contributed by atoms with Crippen molar-refractivity contribution < 1.29 is 4.79 Å². The van der Waals surface area contributed by atoms with Crippen LogP contribution in [0.15, 0.2) is 30.3 Å². The van der Waals surface area contributed by atoms with Crippen molar-refractivity contribution in [3.63, 3.8) is 0 Å². The molecule has 2 unspecified atom stereocenters. The lowest BCUT2D eigenvalue weighted by molar-refractivity contribution is 0.0772. The number of nitrogens with zero attached hydrogens (tertiary/aromatic N) is 2. The van der Waals surface area contributed by atoms with E-state index >= 15 is 0 Å². The molecule has 0 radical (unpaired) electrons. The van der Waals surface area contributed by atoms with Crippen LogP contribution >= 0.6 is 0 Å². The van der Waals surface area contributed by atoms with Crippen LogP contribution in [-0.2, 0) is 13.0 Å². The Bertz CT molecular complexity index is 770. The Hall–Kier alpha value is -2.14.